The Morgan fingerprint density at radius 2 is 2.11 bits per heavy atom. The Balaban J connectivity index is 2.41. The Labute approximate surface area is 109 Å². The van der Waals surface area contributed by atoms with Crippen molar-refractivity contribution < 1.29 is 9.90 Å². The Kier molecular flexibility index (Phi) is 2.38. The maximum absolute atomic E-state index is 11.0. The minimum absolute atomic E-state index is 0.00970. The van der Waals surface area contributed by atoms with Gasteiger partial charge in [-0.25, -0.2) is 4.98 Å². The summed E-state index contributed by atoms with van der Waals surface area (Å²) in [5, 5.41) is 9.03. The van der Waals surface area contributed by atoms with Crippen molar-refractivity contribution in [3.05, 3.63) is 34.6 Å². The number of hydrogen-bond acceptors (Lipinski definition) is 2. The van der Waals surface area contributed by atoms with E-state index in [4.69, 9.17) is 5.11 Å². The third-order valence-electron chi connectivity index (χ3n) is 3.67. The summed E-state index contributed by atoms with van der Waals surface area (Å²) < 4.78 is 1.91. The molecular formula is C14H15N3O2. The summed E-state index contributed by atoms with van der Waals surface area (Å²) in [7, 11) is 0. The number of benzene rings is 1. The molecule has 0 aliphatic rings. The summed E-state index contributed by atoms with van der Waals surface area (Å²) in [6.07, 6.45) is -0.00970. The monoisotopic (exact) mass is 257 g/mol. The number of nitrogens with zero attached hydrogens (tertiary/aromatic N) is 2. The van der Waals surface area contributed by atoms with Crippen molar-refractivity contribution in [1.82, 2.24) is 14.4 Å². The highest BCUT2D eigenvalue weighted by atomic mass is 16.4. The zero-order chi connectivity index (χ0) is 13.7. The normalized spacial score (nSPS) is 11.5. The summed E-state index contributed by atoms with van der Waals surface area (Å²) in [5.41, 5.74) is 5.81. The first-order valence-electron chi connectivity index (χ1n) is 6.16. The molecule has 0 amide bonds. The van der Waals surface area contributed by atoms with E-state index in [9.17, 15) is 4.79 Å². The van der Waals surface area contributed by atoms with Crippen molar-refractivity contribution in [2.75, 3.05) is 0 Å². The van der Waals surface area contributed by atoms with E-state index in [0.717, 1.165) is 28.0 Å². The minimum atomic E-state index is -0.838. The van der Waals surface area contributed by atoms with Crippen molar-refractivity contribution >= 4 is 22.8 Å². The highest BCUT2D eigenvalue weighted by Gasteiger charge is 2.17. The van der Waals surface area contributed by atoms with E-state index in [1.807, 2.05) is 37.3 Å². The fraction of sp³-hybridized carbons (Fsp3) is 0.286. The lowest BCUT2D eigenvalue weighted by Crippen LogP contribution is -2.04. The third-order valence-corrected chi connectivity index (χ3v) is 3.67. The topological polar surface area (TPSA) is 70.4 Å². The SMILES string of the molecule is Cc1ccc2c(nc3[nH]c(C)c(CC(=O)O)n32)c1C. The van der Waals surface area contributed by atoms with Crippen LogP contribution in [0.15, 0.2) is 12.1 Å². The van der Waals surface area contributed by atoms with Crippen molar-refractivity contribution in [1.29, 1.82) is 0 Å². The predicted octanol–water partition coefficient (Wildman–Crippen LogP) is 2.37. The summed E-state index contributed by atoms with van der Waals surface area (Å²) in [5.74, 6) is -0.132. The van der Waals surface area contributed by atoms with Gasteiger partial charge < -0.3 is 10.1 Å². The van der Waals surface area contributed by atoms with Crippen LogP contribution in [0.2, 0.25) is 0 Å². The number of carboxylic acids is 1. The molecule has 0 aliphatic heterocycles. The van der Waals surface area contributed by atoms with Crippen LogP contribution >= 0.6 is 0 Å². The number of aliphatic carboxylic acids is 1. The molecule has 1 aromatic carbocycles. The number of imidazole rings is 2. The lowest BCUT2D eigenvalue weighted by atomic mass is 10.1. The summed E-state index contributed by atoms with van der Waals surface area (Å²) in [4.78, 5) is 18.7. The molecule has 5 heteroatoms. The smallest absolute Gasteiger partial charge is 0.309 e. The van der Waals surface area contributed by atoms with Crippen molar-refractivity contribution in [2.45, 2.75) is 27.2 Å². The largest absolute Gasteiger partial charge is 0.481 e. The quantitative estimate of drug-likeness (QED) is 0.740. The summed E-state index contributed by atoms with van der Waals surface area (Å²) >= 11 is 0. The molecular weight excluding hydrogens is 242 g/mol. The molecule has 3 aromatic rings. The van der Waals surface area contributed by atoms with Crippen LogP contribution in [0.3, 0.4) is 0 Å². The molecule has 0 spiro atoms. The van der Waals surface area contributed by atoms with Gasteiger partial charge in [-0.15, -0.1) is 0 Å². The first kappa shape index (κ1) is 11.8. The van der Waals surface area contributed by atoms with E-state index in [-0.39, 0.29) is 6.42 Å². The number of aromatic nitrogens is 3. The fourth-order valence-corrected chi connectivity index (χ4v) is 2.50. The van der Waals surface area contributed by atoms with Crippen LogP contribution in [0.1, 0.15) is 22.5 Å². The molecule has 0 aliphatic carbocycles. The predicted molar refractivity (Wildman–Crippen MR) is 72.6 cm³/mol. The average Bonchev–Trinajstić information content (AvgIpc) is 2.82. The molecule has 2 aromatic heterocycles. The van der Waals surface area contributed by atoms with Crippen LogP contribution in [-0.2, 0) is 11.2 Å². The Bertz CT molecular complexity index is 811. The van der Waals surface area contributed by atoms with Crippen LogP contribution in [-0.4, -0.2) is 25.4 Å². The number of aryl methyl sites for hydroxylation is 3. The molecule has 19 heavy (non-hydrogen) atoms. The summed E-state index contributed by atoms with van der Waals surface area (Å²) in [6.45, 7) is 5.96. The maximum Gasteiger partial charge on any atom is 0.309 e. The van der Waals surface area contributed by atoms with Crippen LogP contribution in [0, 0.1) is 20.8 Å². The molecule has 98 valence electrons. The van der Waals surface area contributed by atoms with Gasteiger partial charge in [-0.1, -0.05) is 6.07 Å². The lowest BCUT2D eigenvalue weighted by molar-refractivity contribution is -0.136. The standard InChI is InChI=1S/C14H15N3O2/c1-7-4-5-10-13(8(7)2)16-14-15-9(3)11(17(10)14)6-12(18)19/h4-5H,6H2,1-3H3,(H,15,16)(H,18,19). The van der Waals surface area contributed by atoms with E-state index in [2.05, 4.69) is 9.97 Å². The molecule has 2 heterocycles. The Morgan fingerprint density at radius 3 is 2.79 bits per heavy atom. The van der Waals surface area contributed by atoms with E-state index >= 15 is 0 Å². The molecule has 2 N–H and O–H groups in total. The Morgan fingerprint density at radius 1 is 1.37 bits per heavy atom. The second kappa shape index (κ2) is 3.85. The molecule has 0 unspecified atom stereocenters. The van der Waals surface area contributed by atoms with Gasteiger partial charge in [0.25, 0.3) is 0 Å². The van der Waals surface area contributed by atoms with Gasteiger partial charge in [-0.3, -0.25) is 9.20 Å². The molecule has 0 radical (unpaired) electrons. The van der Waals surface area contributed by atoms with Crippen molar-refractivity contribution in [3.63, 3.8) is 0 Å². The van der Waals surface area contributed by atoms with Crippen LogP contribution < -0.4 is 0 Å². The number of carboxylic acid groups (broad SMARTS) is 1. The van der Waals surface area contributed by atoms with Gasteiger partial charge in [0.05, 0.1) is 23.1 Å². The number of aromatic amines is 1. The molecule has 0 fully saturated rings. The van der Waals surface area contributed by atoms with Gasteiger partial charge in [0.15, 0.2) is 0 Å². The Hall–Kier alpha value is -2.30. The van der Waals surface area contributed by atoms with Gasteiger partial charge in [-0.2, -0.15) is 0 Å². The third kappa shape index (κ3) is 1.62. The highest BCUT2D eigenvalue weighted by Crippen LogP contribution is 2.25. The number of nitrogens with one attached hydrogen (secondary N) is 1. The second-order valence-electron chi connectivity index (χ2n) is 4.91. The molecule has 5 nitrogen and oxygen atoms in total. The first-order valence-corrected chi connectivity index (χ1v) is 6.16. The van der Waals surface area contributed by atoms with E-state index in [1.54, 1.807) is 0 Å². The van der Waals surface area contributed by atoms with Crippen molar-refractivity contribution in [3.8, 4) is 0 Å². The van der Waals surface area contributed by atoms with Gasteiger partial charge in [-0.05, 0) is 38.0 Å². The lowest BCUT2D eigenvalue weighted by Gasteiger charge is -2.02. The number of fused-ring (bicyclic) bond motifs is 3. The van der Waals surface area contributed by atoms with Gasteiger partial charge in [0, 0.05) is 5.69 Å². The number of rotatable bonds is 2. The molecule has 0 bridgehead atoms. The number of carbonyl (C=O) groups is 1. The zero-order valence-electron chi connectivity index (χ0n) is 11.1. The van der Waals surface area contributed by atoms with Crippen LogP contribution in [0.25, 0.3) is 16.8 Å². The molecule has 0 atom stereocenters. The van der Waals surface area contributed by atoms with Crippen LogP contribution in [0.5, 0.6) is 0 Å². The van der Waals surface area contributed by atoms with Gasteiger partial charge in [0.1, 0.15) is 0 Å². The van der Waals surface area contributed by atoms with Gasteiger partial charge in [0.2, 0.25) is 5.78 Å². The maximum atomic E-state index is 11.0. The highest BCUT2D eigenvalue weighted by molar-refractivity contribution is 5.85. The fourth-order valence-electron chi connectivity index (χ4n) is 2.50. The molecule has 0 saturated carbocycles. The minimum Gasteiger partial charge on any atom is -0.481 e. The number of hydrogen-bond donors (Lipinski definition) is 2. The molecule has 3 rings (SSSR count). The van der Waals surface area contributed by atoms with E-state index in [1.165, 1.54) is 5.56 Å². The second-order valence-corrected chi connectivity index (χ2v) is 4.91. The van der Waals surface area contributed by atoms with Gasteiger partial charge >= 0.3 is 5.97 Å². The zero-order valence-corrected chi connectivity index (χ0v) is 11.1. The average molecular weight is 257 g/mol. The van der Waals surface area contributed by atoms with Crippen LogP contribution in [0.4, 0.5) is 0 Å². The van der Waals surface area contributed by atoms with Crippen molar-refractivity contribution in [2.24, 2.45) is 0 Å². The van der Waals surface area contributed by atoms with E-state index < -0.39 is 5.97 Å². The first-order chi connectivity index (χ1) is 8.99. The molecule has 0 saturated heterocycles. The number of H-pyrrole nitrogens is 1. The van der Waals surface area contributed by atoms with E-state index in [0.29, 0.717) is 5.78 Å². The summed E-state index contributed by atoms with van der Waals surface area (Å²) in [6, 6.07) is 4.04.